The molecule has 1 atom stereocenters. The van der Waals surface area contributed by atoms with Crippen molar-refractivity contribution in [3.8, 4) is 0 Å². The van der Waals surface area contributed by atoms with Gasteiger partial charge >= 0.3 is 0 Å². The molecule has 4 rings (SSSR count). The van der Waals surface area contributed by atoms with Gasteiger partial charge in [0.2, 0.25) is 0 Å². The van der Waals surface area contributed by atoms with E-state index >= 15 is 0 Å². The lowest BCUT2D eigenvalue weighted by Gasteiger charge is -2.24. The van der Waals surface area contributed by atoms with E-state index in [1.807, 2.05) is 0 Å². The van der Waals surface area contributed by atoms with Crippen molar-refractivity contribution in [3.05, 3.63) is 101 Å². The van der Waals surface area contributed by atoms with E-state index in [-0.39, 0.29) is 6.04 Å². The molecular weight excluding hydrogens is 342 g/mol. The minimum atomic E-state index is -1.55. The summed E-state index contributed by atoms with van der Waals surface area (Å²) >= 11 is 0. The van der Waals surface area contributed by atoms with Crippen molar-refractivity contribution in [2.24, 2.45) is 0 Å². The number of hydrogen-bond donors (Lipinski definition) is 1. The topological polar surface area (TPSA) is 12.0 Å². The van der Waals surface area contributed by atoms with Gasteiger partial charge < -0.3 is 5.32 Å². The highest BCUT2D eigenvalue weighted by Gasteiger charge is 2.37. The first-order valence-corrected chi connectivity index (χ1v) is 13.2. The van der Waals surface area contributed by atoms with E-state index in [0.717, 1.165) is 0 Å². The van der Waals surface area contributed by atoms with E-state index < -0.39 is 8.07 Å². The lowest BCUT2D eigenvalue weighted by molar-refractivity contribution is 1.02. The summed E-state index contributed by atoms with van der Waals surface area (Å²) < 4.78 is 0. The van der Waals surface area contributed by atoms with Crippen LogP contribution in [0, 0.1) is 6.92 Å². The summed E-state index contributed by atoms with van der Waals surface area (Å²) in [5, 5.41) is 5.42. The van der Waals surface area contributed by atoms with E-state index in [1.165, 1.54) is 33.5 Å². The summed E-state index contributed by atoms with van der Waals surface area (Å²) in [5.41, 5.74) is 8.07. The number of benzene rings is 3. The standard InChI is InChI=1S/C25H27NSi/c1-18-14-16-20(17-15-18)26-24-21-12-8-9-13-22(21)25(27(2,3)4)23(24)19-10-6-5-7-11-19/h5-17,24,26H,1-4H3. The Balaban J connectivity index is 1.91. The lowest BCUT2D eigenvalue weighted by Crippen LogP contribution is -2.23. The third-order valence-electron chi connectivity index (χ3n) is 5.30. The third-order valence-corrected chi connectivity index (χ3v) is 7.34. The van der Waals surface area contributed by atoms with Crippen LogP contribution in [0.1, 0.15) is 28.3 Å². The molecule has 0 heterocycles. The first kappa shape index (κ1) is 17.8. The van der Waals surface area contributed by atoms with Gasteiger partial charge in [0.1, 0.15) is 0 Å². The van der Waals surface area contributed by atoms with Gasteiger partial charge in [-0.15, -0.1) is 0 Å². The van der Waals surface area contributed by atoms with Crippen LogP contribution in [0.15, 0.2) is 78.9 Å². The van der Waals surface area contributed by atoms with Gasteiger partial charge in [-0.1, -0.05) is 91.9 Å². The molecule has 0 radical (unpaired) electrons. The van der Waals surface area contributed by atoms with Crippen LogP contribution in [0.4, 0.5) is 5.69 Å². The molecule has 0 saturated heterocycles. The van der Waals surface area contributed by atoms with Gasteiger partial charge in [0.25, 0.3) is 0 Å². The van der Waals surface area contributed by atoms with E-state index in [4.69, 9.17) is 0 Å². The fourth-order valence-corrected chi connectivity index (χ4v) is 6.26. The molecule has 0 fully saturated rings. The first-order chi connectivity index (χ1) is 12.9. The number of fused-ring (bicyclic) bond motifs is 1. The molecule has 1 nitrogen and oxygen atoms in total. The molecular formula is C25H27NSi. The van der Waals surface area contributed by atoms with Gasteiger partial charge in [0, 0.05) is 5.69 Å². The molecule has 3 aromatic carbocycles. The SMILES string of the molecule is Cc1ccc(NC2C(c3ccccc3)=C([Si](C)(C)C)c3ccccc32)cc1. The van der Waals surface area contributed by atoms with Gasteiger partial charge in [0.15, 0.2) is 0 Å². The van der Waals surface area contributed by atoms with Crippen molar-refractivity contribution in [1.29, 1.82) is 0 Å². The molecule has 1 unspecified atom stereocenters. The Hall–Kier alpha value is -2.58. The quantitative estimate of drug-likeness (QED) is 0.491. The molecule has 0 saturated carbocycles. The highest BCUT2D eigenvalue weighted by molar-refractivity contribution is 6.95. The normalized spacial score (nSPS) is 16.4. The van der Waals surface area contributed by atoms with Crippen LogP contribution in [0.25, 0.3) is 10.8 Å². The van der Waals surface area contributed by atoms with Crippen LogP contribution in [0.2, 0.25) is 19.6 Å². The zero-order chi connectivity index (χ0) is 19.0. The zero-order valence-corrected chi connectivity index (χ0v) is 17.6. The molecule has 2 heteroatoms. The van der Waals surface area contributed by atoms with Crippen molar-refractivity contribution < 1.29 is 0 Å². The molecule has 3 aromatic rings. The summed E-state index contributed by atoms with van der Waals surface area (Å²) in [6, 6.07) is 28.8. The van der Waals surface area contributed by atoms with Crippen LogP contribution in [-0.4, -0.2) is 8.07 Å². The van der Waals surface area contributed by atoms with Crippen molar-refractivity contribution in [3.63, 3.8) is 0 Å². The Kier molecular flexibility index (Phi) is 4.53. The van der Waals surface area contributed by atoms with E-state index in [2.05, 4.69) is 111 Å². The van der Waals surface area contributed by atoms with Crippen molar-refractivity contribution in [2.45, 2.75) is 32.6 Å². The van der Waals surface area contributed by atoms with Gasteiger partial charge in [0.05, 0.1) is 14.1 Å². The number of aryl methyl sites for hydroxylation is 1. The summed E-state index contributed by atoms with van der Waals surface area (Å²) in [6.07, 6.45) is 0. The summed E-state index contributed by atoms with van der Waals surface area (Å²) in [6.45, 7) is 9.50. The fourth-order valence-electron chi connectivity index (χ4n) is 4.12. The molecule has 136 valence electrons. The van der Waals surface area contributed by atoms with E-state index in [0.29, 0.717) is 0 Å². The zero-order valence-electron chi connectivity index (χ0n) is 16.6. The summed E-state index contributed by atoms with van der Waals surface area (Å²) in [5.74, 6) is 0. The van der Waals surface area contributed by atoms with Crippen LogP contribution < -0.4 is 5.32 Å². The second-order valence-electron chi connectivity index (χ2n) is 8.44. The Labute approximate surface area is 163 Å². The maximum Gasteiger partial charge on any atom is 0.0789 e. The predicted molar refractivity (Wildman–Crippen MR) is 121 cm³/mol. The average molecular weight is 370 g/mol. The van der Waals surface area contributed by atoms with Gasteiger partial charge in [-0.25, -0.2) is 0 Å². The van der Waals surface area contributed by atoms with Crippen LogP contribution >= 0.6 is 0 Å². The second-order valence-corrected chi connectivity index (χ2v) is 13.4. The Morgan fingerprint density at radius 3 is 2.04 bits per heavy atom. The minimum absolute atomic E-state index is 0.188. The molecule has 0 amide bonds. The maximum absolute atomic E-state index is 3.84. The van der Waals surface area contributed by atoms with Gasteiger partial charge in [-0.3, -0.25) is 0 Å². The molecule has 0 spiro atoms. The second kappa shape index (κ2) is 6.86. The van der Waals surface area contributed by atoms with Crippen molar-refractivity contribution in [2.75, 3.05) is 5.32 Å². The minimum Gasteiger partial charge on any atom is -0.374 e. The monoisotopic (exact) mass is 369 g/mol. The molecule has 0 bridgehead atoms. The predicted octanol–water partition coefficient (Wildman–Crippen LogP) is 6.95. The number of anilines is 1. The lowest BCUT2D eigenvalue weighted by atomic mass is 9.98. The molecule has 1 aliphatic carbocycles. The molecule has 27 heavy (non-hydrogen) atoms. The highest BCUT2D eigenvalue weighted by atomic mass is 28.3. The Morgan fingerprint density at radius 2 is 1.37 bits per heavy atom. The smallest absolute Gasteiger partial charge is 0.0789 e. The average Bonchev–Trinajstić information content (AvgIpc) is 2.99. The Bertz CT molecular complexity index is 979. The first-order valence-electron chi connectivity index (χ1n) is 9.68. The molecule has 0 aromatic heterocycles. The van der Waals surface area contributed by atoms with Crippen molar-refractivity contribution in [1.82, 2.24) is 0 Å². The molecule has 1 aliphatic rings. The van der Waals surface area contributed by atoms with Crippen molar-refractivity contribution >= 4 is 24.5 Å². The number of rotatable bonds is 4. The van der Waals surface area contributed by atoms with Gasteiger partial charge in [-0.2, -0.15) is 0 Å². The maximum atomic E-state index is 3.84. The molecule has 0 aliphatic heterocycles. The Morgan fingerprint density at radius 1 is 0.741 bits per heavy atom. The number of nitrogens with one attached hydrogen (secondary N) is 1. The van der Waals surface area contributed by atoms with Gasteiger partial charge in [-0.05, 0) is 46.5 Å². The fraction of sp³-hybridized carbons (Fsp3) is 0.200. The van der Waals surface area contributed by atoms with E-state index in [1.54, 1.807) is 5.20 Å². The summed E-state index contributed by atoms with van der Waals surface area (Å²) in [7, 11) is -1.55. The largest absolute Gasteiger partial charge is 0.374 e. The highest BCUT2D eigenvalue weighted by Crippen LogP contribution is 2.50. The van der Waals surface area contributed by atoms with Crippen LogP contribution in [0.5, 0.6) is 0 Å². The number of hydrogen-bond acceptors (Lipinski definition) is 1. The molecule has 1 N–H and O–H groups in total. The summed E-state index contributed by atoms with van der Waals surface area (Å²) in [4.78, 5) is 0. The van der Waals surface area contributed by atoms with E-state index in [9.17, 15) is 0 Å². The third kappa shape index (κ3) is 3.37. The van der Waals surface area contributed by atoms with Crippen LogP contribution in [0.3, 0.4) is 0 Å². The van der Waals surface area contributed by atoms with Crippen LogP contribution in [-0.2, 0) is 0 Å².